The van der Waals surface area contributed by atoms with Crippen LogP contribution in [-0.4, -0.2) is 59.2 Å². The molecule has 0 bridgehead atoms. The van der Waals surface area contributed by atoms with E-state index in [4.69, 9.17) is 10.2 Å². The van der Waals surface area contributed by atoms with Crippen molar-refractivity contribution in [3.63, 3.8) is 0 Å². The summed E-state index contributed by atoms with van der Waals surface area (Å²) in [6.07, 6.45) is 1.62. The highest BCUT2D eigenvalue weighted by molar-refractivity contribution is 7.89. The highest BCUT2D eigenvalue weighted by Crippen LogP contribution is 2.25. The Hall–Kier alpha value is -2.20. The maximum atomic E-state index is 12.7. The number of nitrogens with zero attached hydrogens (tertiary/aromatic N) is 1. The number of sulfonamides is 1. The molecule has 3 rings (SSSR count). The summed E-state index contributed by atoms with van der Waals surface area (Å²) >= 11 is 0. The van der Waals surface area contributed by atoms with Gasteiger partial charge in [-0.15, -0.1) is 0 Å². The zero-order valence-electron chi connectivity index (χ0n) is 12.7. The van der Waals surface area contributed by atoms with Crippen molar-refractivity contribution in [1.29, 1.82) is 0 Å². The second-order valence-corrected chi connectivity index (χ2v) is 7.22. The van der Waals surface area contributed by atoms with E-state index >= 15 is 0 Å². The Morgan fingerprint density at radius 1 is 1.04 bits per heavy atom. The standard InChI is InChI=1S/C15H17N3O5S/c19-7-5-18(6-8-20)24(22,23)10-1-2-13-12(9-10)11-3-4-16-14(11)15(21)17-13/h1-4,9,16,19-20H,5-8H2,(H,17,21). The molecule has 8 nitrogen and oxygen atoms in total. The van der Waals surface area contributed by atoms with Gasteiger partial charge in [0.15, 0.2) is 0 Å². The number of aliphatic hydroxyl groups is 2. The van der Waals surface area contributed by atoms with E-state index in [2.05, 4.69) is 9.97 Å². The molecule has 128 valence electrons. The Balaban J connectivity index is 2.19. The lowest BCUT2D eigenvalue weighted by Gasteiger charge is -2.20. The van der Waals surface area contributed by atoms with Gasteiger partial charge in [0.1, 0.15) is 5.52 Å². The number of hydrogen-bond donors (Lipinski definition) is 4. The first-order chi connectivity index (χ1) is 11.5. The lowest BCUT2D eigenvalue weighted by molar-refractivity contribution is 0.217. The summed E-state index contributed by atoms with van der Waals surface area (Å²) < 4.78 is 26.5. The van der Waals surface area contributed by atoms with E-state index < -0.39 is 10.0 Å². The van der Waals surface area contributed by atoms with Crippen molar-refractivity contribution >= 4 is 31.8 Å². The molecule has 0 aliphatic heterocycles. The molecule has 0 saturated carbocycles. The van der Waals surface area contributed by atoms with Crippen LogP contribution < -0.4 is 5.56 Å². The van der Waals surface area contributed by atoms with E-state index in [1.807, 2.05) is 0 Å². The van der Waals surface area contributed by atoms with Crippen LogP contribution in [0.5, 0.6) is 0 Å². The monoisotopic (exact) mass is 351 g/mol. The molecule has 2 heterocycles. The molecule has 0 aliphatic rings. The number of hydrogen-bond acceptors (Lipinski definition) is 5. The van der Waals surface area contributed by atoms with Gasteiger partial charge in [-0.05, 0) is 24.3 Å². The van der Waals surface area contributed by atoms with E-state index in [1.165, 1.54) is 18.2 Å². The highest BCUT2D eigenvalue weighted by Gasteiger charge is 2.24. The Bertz CT molecular complexity index is 1030. The minimum atomic E-state index is -3.87. The predicted octanol–water partition coefficient (Wildman–Crippen LogP) is -0.0153. The van der Waals surface area contributed by atoms with Crippen LogP contribution in [0.2, 0.25) is 0 Å². The van der Waals surface area contributed by atoms with E-state index in [0.29, 0.717) is 21.8 Å². The normalized spacial score (nSPS) is 12.5. The quantitative estimate of drug-likeness (QED) is 0.497. The molecule has 0 fully saturated rings. The fraction of sp³-hybridized carbons (Fsp3) is 0.267. The average molecular weight is 351 g/mol. The minimum Gasteiger partial charge on any atom is -0.395 e. The predicted molar refractivity (Wildman–Crippen MR) is 89.4 cm³/mol. The van der Waals surface area contributed by atoms with Crippen molar-refractivity contribution in [2.45, 2.75) is 4.90 Å². The van der Waals surface area contributed by atoms with Crippen molar-refractivity contribution in [1.82, 2.24) is 14.3 Å². The molecule has 2 aromatic heterocycles. The second kappa shape index (κ2) is 6.36. The first-order valence-electron chi connectivity index (χ1n) is 7.34. The fourth-order valence-corrected chi connectivity index (χ4v) is 4.16. The number of pyridine rings is 1. The molecule has 1 aromatic carbocycles. The molecule has 0 atom stereocenters. The third-order valence-corrected chi connectivity index (χ3v) is 5.73. The van der Waals surface area contributed by atoms with Gasteiger partial charge in [0.25, 0.3) is 5.56 Å². The summed E-state index contributed by atoms with van der Waals surface area (Å²) in [4.78, 5) is 17.5. The molecule has 0 saturated heterocycles. The SMILES string of the molecule is O=c1[nH]c2ccc(S(=O)(=O)N(CCO)CCO)cc2c2cc[nH]c12. The molecule has 4 N–H and O–H groups in total. The maximum absolute atomic E-state index is 12.7. The Kier molecular flexibility index (Phi) is 4.41. The molecule has 0 spiro atoms. The summed E-state index contributed by atoms with van der Waals surface area (Å²) in [7, 11) is -3.87. The van der Waals surface area contributed by atoms with Gasteiger partial charge in [-0.3, -0.25) is 4.79 Å². The lowest BCUT2D eigenvalue weighted by Crippen LogP contribution is -2.35. The van der Waals surface area contributed by atoms with Gasteiger partial charge in [0, 0.05) is 35.6 Å². The van der Waals surface area contributed by atoms with Crippen LogP contribution in [0, 0.1) is 0 Å². The third kappa shape index (κ3) is 2.71. The van der Waals surface area contributed by atoms with Crippen LogP contribution in [0.1, 0.15) is 0 Å². The summed E-state index contributed by atoms with van der Waals surface area (Å²) in [5, 5.41) is 19.3. The van der Waals surface area contributed by atoms with Gasteiger partial charge in [0.2, 0.25) is 10.0 Å². The molecule has 0 radical (unpaired) electrons. The van der Waals surface area contributed by atoms with Gasteiger partial charge < -0.3 is 20.2 Å². The van der Waals surface area contributed by atoms with Crippen LogP contribution in [0.15, 0.2) is 40.2 Å². The first-order valence-corrected chi connectivity index (χ1v) is 8.78. The third-order valence-electron chi connectivity index (χ3n) is 3.84. The molecule has 0 amide bonds. The van der Waals surface area contributed by atoms with Crippen molar-refractivity contribution in [3.05, 3.63) is 40.8 Å². The summed E-state index contributed by atoms with van der Waals surface area (Å²) in [5.41, 5.74) is 0.627. The number of aromatic amines is 2. The van der Waals surface area contributed by atoms with Crippen molar-refractivity contribution in [3.8, 4) is 0 Å². The van der Waals surface area contributed by atoms with Gasteiger partial charge in [0.05, 0.1) is 18.1 Å². The number of nitrogens with one attached hydrogen (secondary N) is 2. The van der Waals surface area contributed by atoms with Crippen LogP contribution in [0.4, 0.5) is 0 Å². The van der Waals surface area contributed by atoms with Gasteiger partial charge in [-0.1, -0.05) is 0 Å². The number of aliphatic hydroxyl groups excluding tert-OH is 2. The zero-order valence-corrected chi connectivity index (χ0v) is 13.5. The average Bonchev–Trinajstić information content (AvgIpc) is 3.05. The van der Waals surface area contributed by atoms with E-state index in [-0.39, 0.29) is 36.8 Å². The number of aromatic nitrogens is 2. The largest absolute Gasteiger partial charge is 0.395 e. The number of rotatable bonds is 6. The van der Waals surface area contributed by atoms with Crippen LogP contribution in [0.25, 0.3) is 21.8 Å². The number of benzene rings is 1. The van der Waals surface area contributed by atoms with Crippen LogP contribution in [0.3, 0.4) is 0 Å². The van der Waals surface area contributed by atoms with Crippen LogP contribution >= 0.6 is 0 Å². The molecule has 9 heteroatoms. The molecule has 24 heavy (non-hydrogen) atoms. The smallest absolute Gasteiger partial charge is 0.272 e. The molecule has 3 aromatic rings. The van der Waals surface area contributed by atoms with Crippen molar-refractivity contribution in [2.24, 2.45) is 0 Å². The minimum absolute atomic E-state index is 0.0337. The fourth-order valence-electron chi connectivity index (χ4n) is 2.71. The summed E-state index contributed by atoms with van der Waals surface area (Å²) in [5.74, 6) is 0. The molecule has 0 unspecified atom stereocenters. The lowest BCUT2D eigenvalue weighted by atomic mass is 10.1. The first kappa shape index (κ1) is 16.7. The summed E-state index contributed by atoms with van der Waals surface area (Å²) in [6.45, 7) is -0.900. The Morgan fingerprint density at radius 3 is 2.42 bits per heavy atom. The van der Waals surface area contributed by atoms with Gasteiger partial charge in [-0.25, -0.2) is 8.42 Å². The van der Waals surface area contributed by atoms with Gasteiger partial charge >= 0.3 is 0 Å². The van der Waals surface area contributed by atoms with E-state index in [0.717, 1.165) is 4.31 Å². The van der Waals surface area contributed by atoms with Crippen LogP contribution in [-0.2, 0) is 10.0 Å². The van der Waals surface area contributed by atoms with E-state index in [1.54, 1.807) is 12.3 Å². The Morgan fingerprint density at radius 2 is 1.75 bits per heavy atom. The molecular formula is C15H17N3O5S. The van der Waals surface area contributed by atoms with Crippen molar-refractivity contribution in [2.75, 3.05) is 26.3 Å². The second-order valence-electron chi connectivity index (χ2n) is 5.28. The highest BCUT2D eigenvalue weighted by atomic mass is 32.2. The van der Waals surface area contributed by atoms with Crippen molar-refractivity contribution < 1.29 is 18.6 Å². The van der Waals surface area contributed by atoms with Gasteiger partial charge in [-0.2, -0.15) is 4.31 Å². The molecule has 0 aliphatic carbocycles. The molecular weight excluding hydrogens is 334 g/mol. The Labute approximate surface area is 137 Å². The zero-order chi connectivity index (χ0) is 17.3. The number of fused-ring (bicyclic) bond motifs is 3. The maximum Gasteiger partial charge on any atom is 0.272 e. The number of H-pyrrole nitrogens is 2. The topological polar surface area (TPSA) is 126 Å². The summed E-state index contributed by atoms with van der Waals surface area (Å²) in [6, 6.07) is 6.13. The van der Waals surface area contributed by atoms with E-state index in [9.17, 15) is 13.2 Å².